The van der Waals surface area contributed by atoms with Crippen LogP contribution in [0, 0.1) is 13.8 Å². The molecule has 2 aromatic heterocycles. The van der Waals surface area contributed by atoms with E-state index in [4.69, 9.17) is 5.10 Å². The van der Waals surface area contributed by atoms with Gasteiger partial charge in [-0.2, -0.15) is 9.61 Å². The second-order valence-electron chi connectivity index (χ2n) is 6.69. The molecule has 0 atom stereocenters. The molecule has 3 rings (SSSR count). The van der Waals surface area contributed by atoms with Crippen molar-refractivity contribution in [3.05, 3.63) is 47.7 Å². The van der Waals surface area contributed by atoms with E-state index < -0.39 is 0 Å². The van der Waals surface area contributed by atoms with Crippen molar-refractivity contribution >= 4 is 11.5 Å². The molecule has 5 nitrogen and oxygen atoms in total. The van der Waals surface area contributed by atoms with Gasteiger partial charge in [-0.25, -0.2) is 4.98 Å². The SMILES string of the molecule is Cc1cccc(-c2cc3nc(C)cc(NCCC[NH+](C)C)n3n2)c1. The molecule has 0 aliphatic rings. The molecule has 0 fully saturated rings. The molecule has 2 N–H and O–H groups in total. The van der Waals surface area contributed by atoms with Crippen molar-refractivity contribution in [1.82, 2.24) is 14.6 Å². The first-order chi connectivity index (χ1) is 11.5. The van der Waals surface area contributed by atoms with E-state index in [2.05, 4.69) is 67.7 Å². The van der Waals surface area contributed by atoms with Gasteiger partial charge in [-0.1, -0.05) is 23.8 Å². The van der Waals surface area contributed by atoms with Crippen LogP contribution in [0.2, 0.25) is 0 Å². The van der Waals surface area contributed by atoms with Crippen molar-refractivity contribution in [2.75, 3.05) is 32.5 Å². The molecule has 1 aromatic carbocycles. The average Bonchev–Trinajstić information content (AvgIpc) is 2.95. The summed E-state index contributed by atoms with van der Waals surface area (Å²) in [6.45, 7) is 6.20. The van der Waals surface area contributed by atoms with E-state index in [0.29, 0.717) is 0 Å². The molecule has 0 saturated carbocycles. The fourth-order valence-electron chi connectivity index (χ4n) is 2.83. The van der Waals surface area contributed by atoms with Gasteiger partial charge in [0, 0.05) is 36.4 Å². The lowest BCUT2D eigenvalue weighted by molar-refractivity contribution is -0.858. The molecular formula is C19H26N5+. The molecule has 0 aliphatic heterocycles. The molecule has 2 heterocycles. The Morgan fingerprint density at radius 3 is 2.71 bits per heavy atom. The summed E-state index contributed by atoms with van der Waals surface area (Å²) in [5.41, 5.74) is 5.20. The van der Waals surface area contributed by atoms with Gasteiger partial charge in [0.2, 0.25) is 0 Å². The van der Waals surface area contributed by atoms with Gasteiger partial charge in [-0.05, 0) is 19.9 Å². The van der Waals surface area contributed by atoms with Gasteiger partial charge in [-0.15, -0.1) is 0 Å². The number of nitrogens with zero attached hydrogens (tertiary/aromatic N) is 3. The van der Waals surface area contributed by atoms with Crippen LogP contribution >= 0.6 is 0 Å². The smallest absolute Gasteiger partial charge is 0.158 e. The summed E-state index contributed by atoms with van der Waals surface area (Å²) in [5.74, 6) is 1.00. The third kappa shape index (κ3) is 3.74. The van der Waals surface area contributed by atoms with Gasteiger partial charge in [-0.3, -0.25) is 0 Å². The minimum Gasteiger partial charge on any atom is -0.370 e. The predicted molar refractivity (Wildman–Crippen MR) is 98.7 cm³/mol. The van der Waals surface area contributed by atoms with Gasteiger partial charge >= 0.3 is 0 Å². The Morgan fingerprint density at radius 2 is 1.96 bits per heavy atom. The van der Waals surface area contributed by atoms with Gasteiger partial charge in [0.1, 0.15) is 5.82 Å². The molecule has 0 saturated heterocycles. The number of hydrogen-bond acceptors (Lipinski definition) is 3. The minimum atomic E-state index is 0.882. The Balaban J connectivity index is 1.89. The third-order valence-electron chi connectivity index (χ3n) is 4.03. The summed E-state index contributed by atoms with van der Waals surface area (Å²) in [5, 5.41) is 8.27. The second kappa shape index (κ2) is 7.01. The first-order valence-electron chi connectivity index (χ1n) is 8.50. The minimum absolute atomic E-state index is 0.882. The Morgan fingerprint density at radius 1 is 1.12 bits per heavy atom. The maximum absolute atomic E-state index is 4.77. The molecule has 3 aromatic rings. The monoisotopic (exact) mass is 324 g/mol. The molecule has 0 spiro atoms. The Kier molecular flexibility index (Phi) is 4.81. The molecular weight excluding hydrogens is 298 g/mol. The molecule has 0 radical (unpaired) electrons. The molecule has 126 valence electrons. The molecule has 0 bridgehead atoms. The Bertz CT molecular complexity index is 835. The topological polar surface area (TPSA) is 46.7 Å². The zero-order valence-corrected chi connectivity index (χ0v) is 14.9. The molecule has 0 unspecified atom stereocenters. The van der Waals surface area contributed by atoms with Crippen LogP contribution in [0.15, 0.2) is 36.4 Å². The number of fused-ring (bicyclic) bond motifs is 1. The summed E-state index contributed by atoms with van der Waals surface area (Å²) in [6, 6.07) is 12.5. The van der Waals surface area contributed by atoms with E-state index in [-0.39, 0.29) is 0 Å². The normalized spacial score (nSPS) is 11.4. The third-order valence-corrected chi connectivity index (χ3v) is 4.03. The van der Waals surface area contributed by atoms with Crippen LogP contribution in [-0.4, -0.2) is 41.8 Å². The first-order valence-corrected chi connectivity index (χ1v) is 8.50. The number of benzene rings is 1. The lowest BCUT2D eigenvalue weighted by Gasteiger charge is -2.10. The number of quaternary nitrogens is 1. The van der Waals surface area contributed by atoms with Gasteiger partial charge in [0.15, 0.2) is 5.65 Å². The highest BCUT2D eigenvalue weighted by Gasteiger charge is 2.10. The molecule has 24 heavy (non-hydrogen) atoms. The van der Waals surface area contributed by atoms with E-state index in [1.165, 1.54) is 10.5 Å². The highest BCUT2D eigenvalue weighted by atomic mass is 15.3. The van der Waals surface area contributed by atoms with Crippen molar-refractivity contribution < 1.29 is 4.90 Å². The zero-order chi connectivity index (χ0) is 17.1. The standard InChI is InChI=1S/C19H25N5/c1-14-7-5-8-16(11-14)17-13-19-21-15(2)12-18(24(19)22-17)20-9-6-10-23(3)4/h5,7-8,11-13,20H,6,9-10H2,1-4H3/p+1. The average molecular weight is 324 g/mol. The van der Waals surface area contributed by atoms with Crippen molar-refractivity contribution in [1.29, 1.82) is 0 Å². The zero-order valence-electron chi connectivity index (χ0n) is 14.9. The van der Waals surface area contributed by atoms with Crippen molar-refractivity contribution in [3.8, 4) is 11.3 Å². The number of anilines is 1. The van der Waals surface area contributed by atoms with E-state index in [1.807, 2.05) is 11.4 Å². The van der Waals surface area contributed by atoms with Crippen LogP contribution in [0.5, 0.6) is 0 Å². The summed E-state index contributed by atoms with van der Waals surface area (Å²) in [7, 11) is 4.35. The predicted octanol–water partition coefficient (Wildman–Crippen LogP) is 1.96. The molecule has 0 amide bonds. The Labute approximate surface area is 143 Å². The highest BCUT2D eigenvalue weighted by molar-refractivity contribution is 5.66. The van der Waals surface area contributed by atoms with Crippen molar-refractivity contribution in [2.45, 2.75) is 20.3 Å². The van der Waals surface area contributed by atoms with Crippen LogP contribution in [0.3, 0.4) is 0 Å². The summed E-state index contributed by atoms with van der Waals surface area (Å²) in [6.07, 6.45) is 1.12. The van der Waals surface area contributed by atoms with Crippen LogP contribution in [-0.2, 0) is 0 Å². The van der Waals surface area contributed by atoms with E-state index in [9.17, 15) is 0 Å². The fraction of sp³-hybridized carbons (Fsp3) is 0.368. The number of nitrogens with one attached hydrogen (secondary N) is 2. The molecule has 5 heteroatoms. The quantitative estimate of drug-likeness (QED) is 0.682. The van der Waals surface area contributed by atoms with Crippen LogP contribution in [0.4, 0.5) is 5.82 Å². The highest BCUT2D eigenvalue weighted by Crippen LogP contribution is 2.22. The van der Waals surface area contributed by atoms with Gasteiger partial charge in [0.25, 0.3) is 0 Å². The van der Waals surface area contributed by atoms with Crippen molar-refractivity contribution in [2.24, 2.45) is 0 Å². The second-order valence-corrected chi connectivity index (χ2v) is 6.69. The van der Waals surface area contributed by atoms with E-state index in [1.54, 1.807) is 0 Å². The van der Waals surface area contributed by atoms with E-state index >= 15 is 0 Å². The lowest BCUT2D eigenvalue weighted by atomic mass is 10.1. The van der Waals surface area contributed by atoms with Crippen molar-refractivity contribution in [3.63, 3.8) is 0 Å². The van der Waals surface area contributed by atoms with E-state index in [0.717, 1.165) is 47.9 Å². The van der Waals surface area contributed by atoms with Gasteiger partial charge in [0.05, 0.1) is 26.3 Å². The summed E-state index contributed by atoms with van der Waals surface area (Å²) in [4.78, 5) is 6.08. The lowest BCUT2D eigenvalue weighted by Crippen LogP contribution is -3.05. The Hall–Kier alpha value is -2.40. The van der Waals surface area contributed by atoms with Crippen LogP contribution in [0.1, 0.15) is 17.7 Å². The number of rotatable bonds is 6. The maximum Gasteiger partial charge on any atom is 0.158 e. The molecule has 0 aliphatic carbocycles. The van der Waals surface area contributed by atoms with Gasteiger partial charge < -0.3 is 10.2 Å². The largest absolute Gasteiger partial charge is 0.370 e. The summed E-state index contributed by atoms with van der Waals surface area (Å²) < 4.78 is 1.91. The van der Waals surface area contributed by atoms with Crippen LogP contribution < -0.4 is 10.2 Å². The number of hydrogen-bond donors (Lipinski definition) is 2. The first kappa shape index (κ1) is 16.5. The van der Waals surface area contributed by atoms with Crippen LogP contribution in [0.25, 0.3) is 16.9 Å². The fourth-order valence-corrected chi connectivity index (χ4v) is 2.83. The maximum atomic E-state index is 4.77. The number of aromatic nitrogens is 3. The number of aryl methyl sites for hydroxylation is 2. The summed E-state index contributed by atoms with van der Waals surface area (Å²) >= 11 is 0.